The molecule has 2 aromatic carbocycles. The van der Waals surface area contributed by atoms with Crippen LogP contribution in [-0.2, 0) is 0 Å². The van der Waals surface area contributed by atoms with E-state index >= 15 is 0 Å². The number of nitrogens with zero attached hydrogens (tertiary/aromatic N) is 2. The van der Waals surface area contributed by atoms with Gasteiger partial charge >= 0.3 is 0 Å². The average molecular weight is 405 g/mol. The van der Waals surface area contributed by atoms with Crippen molar-refractivity contribution >= 4 is 6.08 Å². The van der Waals surface area contributed by atoms with Gasteiger partial charge in [0.1, 0.15) is 5.75 Å². The van der Waals surface area contributed by atoms with E-state index < -0.39 is 0 Å². The Morgan fingerprint density at radius 1 is 0.900 bits per heavy atom. The highest BCUT2D eigenvalue weighted by Gasteiger charge is 2.13. The van der Waals surface area contributed by atoms with Gasteiger partial charge in [-0.15, -0.1) is 10.2 Å². The lowest BCUT2D eigenvalue weighted by atomic mass is 10.0. The third-order valence-corrected chi connectivity index (χ3v) is 5.08. The lowest BCUT2D eigenvalue weighted by Gasteiger charge is -2.06. The molecule has 0 atom stereocenters. The number of allylic oxidation sites excluding steroid dienone is 1. The van der Waals surface area contributed by atoms with Crippen LogP contribution in [0.3, 0.4) is 0 Å². The minimum absolute atomic E-state index is 0.514. The van der Waals surface area contributed by atoms with Gasteiger partial charge in [0.2, 0.25) is 11.8 Å². The standard InChI is InChI=1S/C26H32N2O2/c1-4-6-7-8-9-10-18-29-23-16-14-22(15-17-23)25-27-28-26(30-25)24-19-20(3)12-13-21(24)11-5-2/h5,11-17,19H,4,6-10,18H2,1-3H3. The normalized spacial score (nSPS) is 11.3. The summed E-state index contributed by atoms with van der Waals surface area (Å²) in [6.45, 7) is 7.06. The molecule has 1 aromatic heterocycles. The van der Waals surface area contributed by atoms with Crippen LogP contribution in [0, 0.1) is 6.92 Å². The molecular formula is C26H32N2O2. The lowest BCUT2D eigenvalue weighted by Crippen LogP contribution is -1.97. The van der Waals surface area contributed by atoms with E-state index in [4.69, 9.17) is 9.15 Å². The van der Waals surface area contributed by atoms with E-state index in [0.717, 1.165) is 41.0 Å². The van der Waals surface area contributed by atoms with Crippen LogP contribution in [0.15, 0.2) is 53.0 Å². The Hall–Kier alpha value is -2.88. The monoisotopic (exact) mass is 404 g/mol. The summed E-state index contributed by atoms with van der Waals surface area (Å²) in [5.41, 5.74) is 4.06. The van der Waals surface area contributed by atoms with E-state index in [0.29, 0.717) is 11.8 Å². The number of aromatic nitrogens is 2. The maximum Gasteiger partial charge on any atom is 0.248 e. The zero-order valence-electron chi connectivity index (χ0n) is 18.4. The van der Waals surface area contributed by atoms with Crippen LogP contribution in [0.5, 0.6) is 5.75 Å². The number of aryl methyl sites for hydroxylation is 1. The van der Waals surface area contributed by atoms with Gasteiger partial charge in [-0.3, -0.25) is 0 Å². The Morgan fingerprint density at radius 3 is 2.40 bits per heavy atom. The Morgan fingerprint density at radius 2 is 1.63 bits per heavy atom. The maximum absolute atomic E-state index is 5.99. The molecular weight excluding hydrogens is 372 g/mol. The average Bonchev–Trinajstić information content (AvgIpc) is 3.25. The van der Waals surface area contributed by atoms with Gasteiger partial charge in [-0.1, -0.05) is 68.9 Å². The van der Waals surface area contributed by atoms with E-state index in [9.17, 15) is 0 Å². The largest absolute Gasteiger partial charge is 0.494 e. The molecule has 30 heavy (non-hydrogen) atoms. The first-order chi connectivity index (χ1) is 14.7. The van der Waals surface area contributed by atoms with Crippen molar-refractivity contribution in [2.75, 3.05) is 6.61 Å². The van der Waals surface area contributed by atoms with E-state index in [1.54, 1.807) is 0 Å². The molecule has 0 aliphatic heterocycles. The van der Waals surface area contributed by atoms with Gasteiger partial charge in [-0.2, -0.15) is 0 Å². The van der Waals surface area contributed by atoms with Crippen LogP contribution in [0.4, 0.5) is 0 Å². The second kappa shape index (κ2) is 11.3. The highest BCUT2D eigenvalue weighted by atomic mass is 16.5. The highest BCUT2D eigenvalue weighted by Crippen LogP contribution is 2.29. The molecule has 0 bridgehead atoms. The minimum Gasteiger partial charge on any atom is -0.494 e. The topological polar surface area (TPSA) is 48.2 Å². The minimum atomic E-state index is 0.514. The van der Waals surface area contributed by atoms with E-state index in [1.807, 2.05) is 37.3 Å². The molecule has 3 aromatic rings. The van der Waals surface area contributed by atoms with Gasteiger partial charge in [-0.25, -0.2) is 0 Å². The molecule has 0 spiro atoms. The van der Waals surface area contributed by atoms with Gasteiger partial charge in [0.15, 0.2) is 0 Å². The SMILES string of the molecule is CC=Cc1ccc(C)cc1-c1nnc(-c2ccc(OCCCCCCCC)cc2)o1. The molecule has 0 aliphatic rings. The Labute approximate surface area is 180 Å². The van der Waals surface area contributed by atoms with E-state index in [2.05, 4.69) is 48.3 Å². The highest BCUT2D eigenvalue weighted by molar-refractivity contribution is 5.71. The number of benzene rings is 2. The van der Waals surface area contributed by atoms with Crippen LogP contribution in [0.2, 0.25) is 0 Å². The van der Waals surface area contributed by atoms with Crippen LogP contribution in [0.1, 0.15) is 63.5 Å². The molecule has 0 saturated heterocycles. The summed E-state index contributed by atoms with van der Waals surface area (Å²) in [4.78, 5) is 0. The van der Waals surface area contributed by atoms with Gasteiger partial charge in [0.25, 0.3) is 0 Å². The third-order valence-electron chi connectivity index (χ3n) is 5.08. The van der Waals surface area contributed by atoms with Crippen molar-refractivity contribution in [2.24, 2.45) is 0 Å². The molecule has 4 heteroatoms. The first-order valence-electron chi connectivity index (χ1n) is 11.0. The lowest BCUT2D eigenvalue weighted by molar-refractivity contribution is 0.304. The van der Waals surface area contributed by atoms with Crippen LogP contribution in [-0.4, -0.2) is 16.8 Å². The first-order valence-corrected chi connectivity index (χ1v) is 11.0. The number of hydrogen-bond acceptors (Lipinski definition) is 4. The molecule has 1 heterocycles. The third kappa shape index (κ3) is 6.06. The van der Waals surface area contributed by atoms with Gasteiger partial charge in [0, 0.05) is 11.1 Å². The van der Waals surface area contributed by atoms with Crippen molar-refractivity contribution < 1.29 is 9.15 Å². The summed E-state index contributed by atoms with van der Waals surface area (Å²) >= 11 is 0. The summed E-state index contributed by atoms with van der Waals surface area (Å²) in [7, 11) is 0. The molecule has 0 amide bonds. The molecule has 3 rings (SSSR count). The number of ether oxygens (including phenoxy) is 1. The van der Waals surface area contributed by atoms with Gasteiger partial charge < -0.3 is 9.15 Å². The number of rotatable bonds is 11. The summed E-state index contributed by atoms with van der Waals surface area (Å²) in [6.07, 6.45) is 11.6. The quantitative estimate of drug-likeness (QED) is 0.311. The zero-order chi connectivity index (χ0) is 21.2. The molecule has 0 unspecified atom stereocenters. The summed E-state index contributed by atoms with van der Waals surface area (Å²) in [5.74, 6) is 1.92. The van der Waals surface area contributed by atoms with Crippen molar-refractivity contribution in [3.8, 4) is 28.7 Å². The van der Waals surface area contributed by atoms with Crippen molar-refractivity contribution in [2.45, 2.75) is 59.3 Å². The fraction of sp³-hybridized carbons (Fsp3) is 0.385. The molecule has 0 fully saturated rings. The summed E-state index contributed by atoms with van der Waals surface area (Å²) in [6, 6.07) is 14.1. The van der Waals surface area contributed by atoms with Crippen molar-refractivity contribution in [1.82, 2.24) is 10.2 Å². The van der Waals surface area contributed by atoms with Gasteiger partial charge in [-0.05, 0) is 56.2 Å². The Balaban J connectivity index is 1.61. The molecule has 0 radical (unpaired) electrons. The molecule has 0 saturated carbocycles. The predicted octanol–water partition coefficient (Wildman–Crippen LogP) is 7.48. The second-order valence-corrected chi connectivity index (χ2v) is 7.64. The van der Waals surface area contributed by atoms with Crippen LogP contribution < -0.4 is 4.74 Å². The van der Waals surface area contributed by atoms with Crippen molar-refractivity contribution in [3.63, 3.8) is 0 Å². The van der Waals surface area contributed by atoms with Crippen LogP contribution in [0.25, 0.3) is 29.0 Å². The second-order valence-electron chi connectivity index (χ2n) is 7.64. The van der Waals surface area contributed by atoms with Gasteiger partial charge in [0.05, 0.1) is 6.61 Å². The fourth-order valence-corrected chi connectivity index (χ4v) is 3.40. The number of hydrogen-bond donors (Lipinski definition) is 0. The Kier molecular flexibility index (Phi) is 8.25. The van der Waals surface area contributed by atoms with Crippen LogP contribution >= 0.6 is 0 Å². The summed E-state index contributed by atoms with van der Waals surface area (Å²) in [5, 5.41) is 8.53. The Bertz CT molecular complexity index is 942. The maximum atomic E-state index is 5.99. The zero-order valence-corrected chi connectivity index (χ0v) is 18.4. The molecule has 0 N–H and O–H groups in total. The summed E-state index contributed by atoms with van der Waals surface area (Å²) < 4.78 is 11.8. The first kappa shape index (κ1) is 21.8. The smallest absolute Gasteiger partial charge is 0.248 e. The molecule has 158 valence electrons. The molecule has 4 nitrogen and oxygen atoms in total. The fourth-order valence-electron chi connectivity index (χ4n) is 3.40. The van der Waals surface area contributed by atoms with E-state index in [-0.39, 0.29) is 0 Å². The van der Waals surface area contributed by atoms with Crippen molar-refractivity contribution in [3.05, 3.63) is 59.7 Å². The molecule has 0 aliphatic carbocycles. The van der Waals surface area contributed by atoms with Crippen molar-refractivity contribution in [1.29, 1.82) is 0 Å². The predicted molar refractivity (Wildman–Crippen MR) is 123 cm³/mol. The van der Waals surface area contributed by atoms with E-state index in [1.165, 1.54) is 32.1 Å². The number of unbranched alkanes of at least 4 members (excludes halogenated alkanes) is 5.